The summed E-state index contributed by atoms with van der Waals surface area (Å²) in [5.41, 5.74) is 0.811. The number of aromatic nitrogens is 4. The molecular weight excluding hydrogens is 373 g/mol. The predicted molar refractivity (Wildman–Crippen MR) is 107 cm³/mol. The molecule has 0 unspecified atom stereocenters. The van der Waals surface area contributed by atoms with Crippen molar-refractivity contribution in [1.29, 1.82) is 0 Å². The van der Waals surface area contributed by atoms with Gasteiger partial charge in [0.2, 0.25) is 5.91 Å². The average Bonchev–Trinajstić information content (AvgIpc) is 3.13. The molecule has 1 saturated carbocycles. The van der Waals surface area contributed by atoms with Crippen molar-refractivity contribution in [3.63, 3.8) is 0 Å². The fourth-order valence-corrected chi connectivity index (χ4v) is 3.90. The third-order valence-corrected chi connectivity index (χ3v) is 5.48. The van der Waals surface area contributed by atoms with Gasteiger partial charge in [0, 0.05) is 19.0 Å². The van der Waals surface area contributed by atoms with Gasteiger partial charge in [0.1, 0.15) is 17.0 Å². The second-order valence-corrected chi connectivity index (χ2v) is 7.54. The molecule has 29 heavy (non-hydrogen) atoms. The summed E-state index contributed by atoms with van der Waals surface area (Å²) in [4.78, 5) is 29.7. The quantitative estimate of drug-likeness (QED) is 0.718. The summed E-state index contributed by atoms with van der Waals surface area (Å²) < 4.78 is 16.2. The first-order valence-electron chi connectivity index (χ1n) is 10.0. The molecule has 152 valence electrons. The number of fused-ring (bicyclic) bond motifs is 1. The van der Waals surface area contributed by atoms with E-state index in [0.717, 1.165) is 25.7 Å². The molecule has 2 aromatic heterocycles. The van der Waals surface area contributed by atoms with E-state index in [-0.39, 0.29) is 36.3 Å². The number of halogens is 1. The first kappa shape index (κ1) is 19.3. The Morgan fingerprint density at radius 3 is 2.66 bits per heavy atom. The molecule has 1 amide bonds. The van der Waals surface area contributed by atoms with Gasteiger partial charge in [0.25, 0.3) is 5.56 Å². The van der Waals surface area contributed by atoms with Crippen molar-refractivity contribution >= 4 is 16.9 Å². The first-order valence-corrected chi connectivity index (χ1v) is 10.0. The van der Waals surface area contributed by atoms with E-state index in [1.54, 1.807) is 19.1 Å². The zero-order chi connectivity index (χ0) is 20.4. The summed E-state index contributed by atoms with van der Waals surface area (Å²) in [6.45, 7) is 2.01. The van der Waals surface area contributed by atoms with Crippen LogP contribution in [0.3, 0.4) is 0 Å². The SMILES string of the molecule is Cc1nc2c(cnn2-c2ccc(F)cc2)c(=O)n1CCC(=O)NC1CCCCC1. The van der Waals surface area contributed by atoms with E-state index in [4.69, 9.17) is 0 Å². The molecular formula is C21H24FN5O2. The van der Waals surface area contributed by atoms with Gasteiger partial charge in [-0.2, -0.15) is 5.10 Å². The van der Waals surface area contributed by atoms with Gasteiger partial charge in [0.05, 0.1) is 11.9 Å². The minimum absolute atomic E-state index is 0.0368. The predicted octanol–water partition coefficient (Wildman–Crippen LogP) is 2.87. The molecule has 2 heterocycles. The summed E-state index contributed by atoms with van der Waals surface area (Å²) in [5, 5.41) is 7.69. The highest BCUT2D eigenvalue weighted by molar-refractivity contribution is 5.77. The lowest BCUT2D eigenvalue weighted by Crippen LogP contribution is -2.37. The third-order valence-electron chi connectivity index (χ3n) is 5.48. The van der Waals surface area contributed by atoms with Crippen LogP contribution in [0.5, 0.6) is 0 Å². The van der Waals surface area contributed by atoms with Gasteiger partial charge < -0.3 is 5.32 Å². The van der Waals surface area contributed by atoms with Crippen LogP contribution in [0.15, 0.2) is 35.3 Å². The van der Waals surface area contributed by atoms with E-state index in [1.807, 2.05) is 0 Å². The summed E-state index contributed by atoms with van der Waals surface area (Å²) in [6.07, 6.45) is 7.30. The van der Waals surface area contributed by atoms with Crippen LogP contribution in [0.2, 0.25) is 0 Å². The number of carbonyl (C=O) groups excluding carboxylic acids is 1. The van der Waals surface area contributed by atoms with Gasteiger partial charge in [0.15, 0.2) is 5.65 Å². The number of amides is 1. The van der Waals surface area contributed by atoms with Crippen LogP contribution in [-0.2, 0) is 11.3 Å². The van der Waals surface area contributed by atoms with Crippen LogP contribution in [-0.4, -0.2) is 31.3 Å². The molecule has 0 bridgehead atoms. The summed E-state index contributed by atoms with van der Waals surface area (Å²) >= 11 is 0. The molecule has 4 rings (SSSR count). The van der Waals surface area contributed by atoms with Crippen LogP contribution in [0.1, 0.15) is 44.3 Å². The maximum absolute atomic E-state index is 13.2. The number of hydrogen-bond donors (Lipinski definition) is 1. The maximum Gasteiger partial charge on any atom is 0.264 e. The molecule has 0 aliphatic heterocycles. The van der Waals surface area contributed by atoms with E-state index in [9.17, 15) is 14.0 Å². The molecule has 0 radical (unpaired) electrons. The first-order chi connectivity index (χ1) is 14.0. The maximum atomic E-state index is 13.2. The zero-order valence-electron chi connectivity index (χ0n) is 16.4. The Kier molecular flexibility index (Phi) is 5.42. The topological polar surface area (TPSA) is 81.8 Å². The minimum atomic E-state index is -0.344. The summed E-state index contributed by atoms with van der Waals surface area (Å²) in [5.74, 6) is 0.130. The lowest BCUT2D eigenvalue weighted by atomic mass is 9.95. The van der Waals surface area contributed by atoms with Crippen molar-refractivity contribution < 1.29 is 9.18 Å². The standard InChI is InChI=1S/C21H24FN5O2/c1-14-24-20-18(13-23-27(20)17-9-7-15(22)8-10-17)21(29)26(14)12-11-19(28)25-16-5-3-2-4-6-16/h7-10,13,16H,2-6,11-12H2,1H3,(H,25,28). The van der Waals surface area contributed by atoms with Crippen molar-refractivity contribution in [3.8, 4) is 5.69 Å². The van der Waals surface area contributed by atoms with Crippen LogP contribution < -0.4 is 10.9 Å². The molecule has 3 aromatic rings. The molecule has 1 aliphatic rings. The zero-order valence-corrected chi connectivity index (χ0v) is 16.4. The van der Waals surface area contributed by atoms with Crippen molar-refractivity contribution in [2.75, 3.05) is 0 Å². The highest BCUT2D eigenvalue weighted by Gasteiger charge is 2.17. The fourth-order valence-electron chi connectivity index (χ4n) is 3.90. The smallest absolute Gasteiger partial charge is 0.264 e. The van der Waals surface area contributed by atoms with E-state index >= 15 is 0 Å². The Morgan fingerprint density at radius 2 is 1.93 bits per heavy atom. The normalized spacial score (nSPS) is 15.0. The molecule has 8 heteroatoms. The Hall–Kier alpha value is -3.03. The van der Waals surface area contributed by atoms with Crippen molar-refractivity contribution in [1.82, 2.24) is 24.6 Å². The molecule has 0 atom stereocenters. The molecule has 1 aromatic carbocycles. The van der Waals surface area contributed by atoms with Gasteiger partial charge in [-0.15, -0.1) is 0 Å². The molecule has 1 N–H and O–H groups in total. The molecule has 7 nitrogen and oxygen atoms in total. The summed E-state index contributed by atoms with van der Waals surface area (Å²) in [7, 11) is 0. The van der Waals surface area contributed by atoms with E-state index < -0.39 is 0 Å². The van der Waals surface area contributed by atoms with Gasteiger partial charge in [-0.3, -0.25) is 14.2 Å². The van der Waals surface area contributed by atoms with E-state index in [2.05, 4.69) is 15.4 Å². The van der Waals surface area contributed by atoms with Gasteiger partial charge >= 0.3 is 0 Å². The number of nitrogens with one attached hydrogen (secondary N) is 1. The second kappa shape index (κ2) is 8.14. The van der Waals surface area contributed by atoms with Gasteiger partial charge in [-0.1, -0.05) is 19.3 Å². The minimum Gasteiger partial charge on any atom is -0.353 e. The summed E-state index contributed by atoms with van der Waals surface area (Å²) in [6, 6.07) is 6.09. The fraction of sp³-hybridized carbons (Fsp3) is 0.429. The Bertz CT molecular complexity index is 1080. The Labute approximate surface area is 167 Å². The van der Waals surface area contributed by atoms with Gasteiger partial charge in [-0.25, -0.2) is 14.1 Å². The number of carbonyl (C=O) groups is 1. The van der Waals surface area contributed by atoms with E-state index in [1.165, 1.54) is 34.0 Å². The van der Waals surface area contributed by atoms with E-state index in [0.29, 0.717) is 22.5 Å². The number of aryl methyl sites for hydroxylation is 1. The number of benzene rings is 1. The average molecular weight is 397 g/mol. The number of hydrogen-bond acceptors (Lipinski definition) is 4. The molecule has 1 aliphatic carbocycles. The Balaban J connectivity index is 1.54. The van der Waals surface area contributed by atoms with Gasteiger partial charge in [-0.05, 0) is 44.0 Å². The number of nitrogens with zero attached hydrogens (tertiary/aromatic N) is 4. The number of rotatable bonds is 5. The van der Waals surface area contributed by atoms with Crippen molar-refractivity contribution in [3.05, 3.63) is 52.5 Å². The lowest BCUT2D eigenvalue weighted by Gasteiger charge is -2.22. The lowest BCUT2D eigenvalue weighted by molar-refractivity contribution is -0.122. The molecule has 0 saturated heterocycles. The highest BCUT2D eigenvalue weighted by Crippen LogP contribution is 2.18. The van der Waals surface area contributed by atoms with Crippen molar-refractivity contribution in [2.24, 2.45) is 0 Å². The Morgan fingerprint density at radius 1 is 1.21 bits per heavy atom. The van der Waals surface area contributed by atoms with Crippen LogP contribution in [0.25, 0.3) is 16.7 Å². The monoisotopic (exact) mass is 397 g/mol. The van der Waals surface area contributed by atoms with Crippen molar-refractivity contribution in [2.45, 2.75) is 58.0 Å². The molecule has 1 fully saturated rings. The van der Waals surface area contributed by atoms with Crippen LogP contribution in [0.4, 0.5) is 4.39 Å². The highest BCUT2D eigenvalue weighted by atomic mass is 19.1. The second-order valence-electron chi connectivity index (χ2n) is 7.54. The van der Waals surface area contributed by atoms with Crippen LogP contribution >= 0.6 is 0 Å². The third kappa shape index (κ3) is 4.06. The largest absolute Gasteiger partial charge is 0.353 e. The molecule has 0 spiro atoms. The van der Waals surface area contributed by atoms with Crippen LogP contribution in [0, 0.1) is 12.7 Å².